The summed E-state index contributed by atoms with van der Waals surface area (Å²) in [4.78, 5) is 17.7. The zero-order valence-electron chi connectivity index (χ0n) is 18.8. The van der Waals surface area contributed by atoms with Gasteiger partial charge in [0.15, 0.2) is 0 Å². The molecule has 1 aliphatic rings. The Morgan fingerprint density at radius 3 is 2.43 bits per heavy atom. The number of benzene rings is 2. The summed E-state index contributed by atoms with van der Waals surface area (Å²) in [7, 11) is 10.1. The molecule has 2 aromatic carbocycles. The van der Waals surface area contributed by atoms with E-state index in [-0.39, 0.29) is 11.9 Å². The lowest BCUT2D eigenvalue weighted by Crippen LogP contribution is -2.51. The van der Waals surface area contributed by atoms with Gasteiger partial charge in [0.25, 0.3) is 0 Å². The lowest BCUT2D eigenvalue weighted by atomic mass is 9.69. The summed E-state index contributed by atoms with van der Waals surface area (Å²) >= 11 is 0. The van der Waals surface area contributed by atoms with Crippen LogP contribution in [0.15, 0.2) is 54.6 Å². The number of rotatable bonds is 7. The average Bonchev–Trinajstić information content (AvgIpc) is 2.75. The number of carbonyl (C=O) groups is 1. The number of methoxy groups -OCH3 is 1. The first-order valence-corrected chi connectivity index (χ1v) is 10.6. The van der Waals surface area contributed by atoms with Gasteiger partial charge in [0.05, 0.1) is 12.7 Å². The summed E-state index contributed by atoms with van der Waals surface area (Å²) in [5.74, 6) is 0.667. The lowest BCUT2D eigenvalue weighted by Gasteiger charge is -2.48. The van der Waals surface area contributed by atoms with E-state index >= 15 is 0 Å². The van der Waals surface area contributed by atoms with Gasteiger partial charge in [-0.1, -0.05) is 30.3 Å². The van der Waals surface area contributed by atoms with Gasteiger partial charge in [-0.05, 0) is 77.3 Å². The molecule has 0 N–H and O–H groups in total. The highest BCUT2D eigenvalue weighted by Gasteiger charge is 2.48. The van der Waals surface area contributed by atoms with E-state index in [0.29, 0.717) is 11.6 Å². The van der Waals surface area contributed by atoms with Crippen molar-refractivity contribution in [1.82, 2.24) is 9.80 Å². The first-order valence-electron chi connectivity index (χ1n) is 10.6. The molecule has 3 atom stereocenters. The van der Waals surface area contributed by atoms with Crippen molar-refractivity contribution in [2.24, 2.45) is 5.92 Å². The molecule has 0 heterocycles. The highest BCUT2D eigenvalue weighted by atomic mass is 16.6. The third-order valence-electron chi connectivity index (χ3n) is 6.22. The summed E-state index contributed by atoms with van der Waals surface area (Å²) in [5.41, 5.74) is 0.895. The van der Waals surface area contributed by atoms with E-state index in [2.05, 4.69) is 44.1 Å². The molecule has 0 saturated heterocycles. The molecule has 2 aromatic rings. The van der Waals surface area contributed by atoms with Gasteiger partial charge in [-0.3, -0.25) is 0 Å². The Balaban J connectivity index is 2.06. The van der Waals surface area contributed by atoms with Crippen LogP contribution in [-0.2, 0) is 10.3 Å². The van der Waals surface area contributed by atoms with Crippen LogP contribution in [0.1, 0.15) is 35.2 Å². The van der Waals surface area contributed by atoms with Gasteiger partial charge in [0.1, 0.15) is 11.4 Å². The van der Waals surface area contributed by atoms with Crippen LogP contribution in [0, 0.1) is 5.92 Å². The topological polar surface area (TPSA) is 42.0 Å². The van der Waals surface area contributed by atoms with Gasteiger partial charge in [-0.25, -0.2) is 4.79 Å². The van der Waals surface area contributed by atoms with Gasteiger partial charge in [-0.15, -0.1) is 0 Å². The fraction of sp³-hybridized carbons (Fsp3) is 0.480. The van der Waals surface area contributed by atoms with E-state index in [1.165, 1.54) is 0 Å². The normalized spacial score (nSPS) is 24.1. The van der Waals surface area contributed by atoms with Gasteiger partial charge < -0.3 is 19.3 Å². The van der Waals surface area contributed by atoms with Crippen molar-refractivity contribution < 1.29 is 14.3 Å². The number of nitrogens with zero attached hydrogens (tertiary/aromatic N) is 2. The van der Waals surface area contributed by atoms with Gasteiger partial charge in [0.2, 0.25) is 0 Å². The first kappa shape index (κ1) is 22.3. The van der Waals surface area contributed by atoms with Crippen LogP contribution >= 0.6 is 0 Å². The van der Waals surface area contributed by atoms with E-state index in [4.69, 9.17) is 9.47 Å². The highest BCUT2D eigenvalue weighted by molar-refractivity contribution is 5.89. The summed E-state index contributed by atoms with van der Waals surface area (Å²) in [5, 5.41) is 0. The summed E-state index contributed by atoms with van der Waals surface area (Å²) in [6, 6.07) is 17.7. The predicted molar refractivity (Wildman–Crippen MR) is 120 cm³/mol. The molecule has 30 heavy (non-hydrogen) atoms. The van der Waals surface area contributed by atoms with Crippen LogP contribution in [0.25, 0.3) is 0 Å². The minimum atomic E-state index is -0.696. The van der Waals surface area contributed by atoms with Crippen molar-refractivity contribution in [2.75, 3.05) is 41.8 Å². The molecular weight excluding hydrogens is 376 g/mol. The molecule has 3 unspecified atom stereocenters. The molecule has 5 nitrogen and oxygen atoms in total. The van der Waals surface area contributed by atoms with E-state index in [0.717, 1.165) is 37.1 Å². The van der Waals surface area contributed by atoms with Crippen molar-refractivity contribution in [3.8, 4) is 5.75 Å². The summed E-state index contributed by atoms with van der Waals surface area (Å²) < 4.78 is 11.9. The maximum absolute atomic E-state index is 13.2. The SMILES string of the molecule is COc1cccc(C2(OC(=O)c3ccccc3)CCC(N(C)C)CC2CN(C)C)c1. The molecule has 0 aliphatic heterocycles. The molecule has 1 saturated carbocycles. The van der Waals surface area contributed by atoms with Crippen LogP contribution in [-0.4, -0.2) is 63.7 Å². The van der Waals surface area contributed by atoms with Crippen molar-refractivity contribution in [2.45, 2.75) is 30.9 Å². The Kier molecular flexibility index (Phi) is 7.16. The third kappa shape index (κ3) is 4.85. The van der Waals surface area contributed by atoms with E-state index in [9.17, 15) is 4.79 Å². The Morgan fingerprint density at radius 2 is 1.80 bits per heavy atom. The van der Waals surface area contributed by atoms with Crippen molar-refractivity contribution in [3.63, 3.8) is 0 Å². The standard InChI is InChI=1S/C25H34N2O3/c1-26(2)18-21-16-22(27(3)4)14-15-25(21,20-12-9-13-23(17-20)29-5)30-24(28)19-10-7-6-8-11-19/h6-13,17,21-22H,14-16,18H2,1-5H3. The molecule has 1 fully saturated rings. The smallest absolute Gasteiger partial charge is 0.339 e. The quantitative estimate of drug-likeness (QED) is 0.645. The van der Waals surface area contributed by atoms with Gasteiger partial charge in [-0.2, -0.15) is 0 Å². The summed E-state index contributed by atoms with van der Waals surface area (Å²) in [6.45, 7) is 0.837. The van der Waals surface area contributed by atoms with Crippen LogP contribution < -0.4 is 4.74 Å². The number of hydrogen-bond acceptors (Lipinski definition) is 5. The van der Waals surface area contributed by atoms with E-state index in [1.54, 1.807) is 7.11 Å². The fourth-order valence-corrected chi connectivity index (χ4v) is 4.61. The number of carbonyl (C=O) groups excluding carboxylic acids is 1. The van der Waals surface area contributed by atoms with Crippen molar-refractivity contribution in [1.29, 1.82) is 0 Å². The largest absolute Gasteiger partial charge is 0.497 e. The van der Waals surface area contributed by atoms with Crippen LogP contribution in [0.4, 0.5) is 0 Å². The highest BCUT2D eigenvalue weighted by Crippen LogP contribution is 2.47. The molecule has 1 aliphatic carbocycles. The van der Waals surface area contributed by atoms with Crippen molar-refractivity contribution in [3.05, 3.63) is 65.7 Å². The molecule has 0 bridgehead atoms. The Morgan fingerprint density at radius 1 is 1.07 bits per heavy atom. The number of ether oxygens (including phenoxy) is 2. The lowest BCUT2D eigenvalue weighted by molar-refractivity contribution is -0.0944. The molecule has 3 rings (SSSR count). The maximum Gasteiger partial charge on any atom is 0.339 e. The fourth-order valence-electron chi connectivity index (χ4n) is 4.61. The predicted octanol–water partition coefficient (Wildman–Crippen LogP) is 4.04. The minimum absolute atomic E-state index is 0.161. The van der Waals surface area contributed by atoms with Crippen LogP contribution in [0.2, 0.25) is 0 Å². The molecule has 0 aromatic heterocycles. The zero-order chi connectivity index (χ0) is 21.7. The minimum Gasteiger partial charge on any atom is -0.497 e. The van der Waals surface area contributed by atoms with Crippen molar-refractivity contribution >= 4 is 5.97 Å². The van der Waals surface area contributed by atoms with E-state index < -0.39 is 5.60 Å². The molecule has 0 spiro atoms. The Hall–Kier alpha value is -2.37. The molecule has 0 amide bonds. The van der Waals surface area contributed by atoms with E-state index in [1.807, 2.05) is 48.5 Å². The Labute approximate surface area is 180 Å². The average molecular weight is 411 g/mol. The second kappa shape index (κ2) is 9.63. The first-order chi connectivity index (χ1) is 14.4. The molecule has 162 valence electrons. The number of esters is 1. The second-order valence-electron chi connectivity index (χ2n) is 8.73. The maximum atomic E-state index is 13.2. The third-order valence-corrected chi connectivity index (χ3v) is 6.22. The number of hydrogen-bond donors (Lipinski definition) is 0. The molecule has 5 heteroatoms. The molecule has 0 radical (unpaired) electrons. The van der Waals surface area contributed by atoms with Crippen LogP contribution in [0.3, 0.4) is 0 Å². The summed E-state index contributed by atoms with van der Waals surface area (Å²) in [6.07, 6.45) is 2.71. The van der Waals surface area contributed by atoms with Gasteiger partial charge in [0, 0.05) is 18.5 Å². The van der Waals surface area contributed by atoms with Gasteiger partial charge >= 0.3 is 5.97 Å². The monoisotopic (exact) mass is 410 g/mol. The Bertz CT molecular complexity index is 837. The van der Waals surface area contributed by atoms with Crippen LogP contribution in [0.5, 0.6) is 5.75 Å². The zero-order valence-corrected chi connectivity index (χ0v) is 18.8. The molecular formula is C25H34N2O3. The second-order valence-corrected chi connectivity index (χ2v) is 8.73.